The quantitative estimate of drug-likeness (QED) is 0.604. The van der Waals surface area contributed by atoms with Crippen LogP contribution in [0.2, 0.25) is 0 Å². The molecule has 90 valence electrons. The van der Waals surface area contributed by atoms with Crippen LogP contribution in [0.3, 0.4) is 0 Å². The lowest BCUT2D eigenvalue weighted by molar-refractivity contribution is 0.0387. The Labute approximate surface area is 96.1 Å². The fraction of sp³-hybridized carbons (Fsp3) is 0.667. The topological polar surface area (TPSA) is 60.4 Å². The van der Waals surface area contributed by atoms with E-state index in [2.05, 4.69) is 12.3 Å². The number of hydrazine groups is 1. The van der Waals surface area contributed by atoms with Gasteiger partial charge in [-0.2, -0.15) is 0 Å². The van der Waals surface area contributed by atoms with Crippen molar-refractivity contribution >= 4 is 0 Å². The summed E-state index contributed by atoms with van der Waals surface area (Å²) in [5.74, 6) is 7.14. The lowest BCUT2D eigenvalue weighted by Gasteiger charge is -2.29. The Morgan fingerprint density at radius 1 is 1.62 bits per heavy atom. The summed E-state index contributed by atoms with van der Waals surface area (Å²) in [4.78, 5) is 0. The first-order valence-electron chi connectivity index (χ1n) is 5.97. The van der Waals surface area contributed by atoms with Gasteiger partial charge in [0.25, 0.3) is 0 Å². The molecule has 0 radical (unpaired) electrons. The minimum atomic E-state index is 0.147. The van der Waals surface area contributed by atoms with Crippen LogP contribution in [0.4, 0.5) is 0 Å². The number of rotatable bonds is 4. The second kappa shape index (κ2) is 5.48. The van der Waals surface area contributed by atoms with Crippen LogP contribution in [0.1, 0.15) is 37.1 Å². The maximum absolute atomic E-state index is 5.67. The van der Waals surface area contributed by atoms with Gasteiger partial charge in [-0.3, -0.25) is 11.3 Å². The lowest BCUT2D eigenvalue weighted by atomic mass is 9.89. The minimum absolute atomic E-state index is 0.147. The van der Waals surface area contributed by atoms with Gasteiger partial charge in [0.1, 0.15) is 5.76 Å². The van der Waals surface area contributed by atoms with E-state index in [4.69, 9.17) is 15.0 Å². The van der Waals surface area contributed by atoms with E-state index in [0.717, 1.165) is 38.2 Å². The van der Waals surface area contributed by atoms with Gasteiger partial charge in [0.15, 0.2) is 0 Å². The summed E-state index contributed by atoms with van der Waals surface area (Å²) in [5, 5.41) is 0. The molecule has 1 aromatic heterocycles. The monoisotopic (exact) mass is 224 g/mol. The number of nitrogens with one attached hydrogen (secondary N) is 1. The number of hydrogen-bond acceptors (Lipinski definition) is 4. The van der Waals surface area contributed by atoms with Crippen molar-refractivity contribution in [1.82, 2.24) is 5.43 Å². The predicted molar refractivity (Wildman–Crippen MR) is 61.7 cm³/mol. The van der Waals surface area contributed by atoms with Crippen molar-refractivity contribution in [3.63, 3.8) is 0 Å². The molecule has 0 spiro atoms. The van der Waals surface area contributed by atoms with E-state index in [1.807, 2.05) is 6.07 Å². The minimum Gasteiger partial charge on any atom is -0.469 e. The third-order valence-electron chi connectivity index (χ3n) is 3.28. The van der Waals surface area contributed by atoms with Gasteiger partial charge in [0.05, 0.1) is 18.9 Å². The molecule has 0 bridgehead atoms. The zero-order chi connectivity index (χ0) is 11.4. The summed E-state index contributed by atoms with van der Waals surface area (Å²) in [5.41, 5.74) is 4.09. The van der Waals surface area contributed by atoms with Crippen LogP contribution in [0.5, 0.6) is 0 Å². The maximum atomic E-state index is 5.67. The standard InChI is InChI=1S/C12H20N2O2/c1-2-11-10(5-7-16-11)12(14-13)9-4-3-6-15-8-9/h5,7,9,12,14H,2-4,6,8,13H2,1H3. The van der Waals surface area contributed by atoms with Crippen LogP contribution < -0.4 is 11.3 Å². The average molecular weight is 224 g/mol. The summed E-state index contributed by atoms with van der Waals surface area (Å²) < 4.78 is 11.0. The number of hydrogen-bond donors (Lipinski definition) is 2. The van der Waals surface area contributed by atoms with Gasteiger partial charge in [0, 0.05) is 24.5 Å². The highest BCUT2D eigenvalue weighted by atomic mass is 16.5. The van der Waals surface area contributed by atoms with Gasteiger partial charge < -0.3 is 9.15 Å². The third kappa shape index (κ3) is 2.29. The first-order valence-corrected chi connectivity index (χ1v) is 5.97. The highest BCUT2D eigenvalue weighted by Gasteiger charge is 2.27. The molecular formula is C12H20N2O2. The second-order valence-corrected chi connectivity index (χ2v) is 4.27. The lowest BCUT2D eigenvalue weighted by Crippen LogP contribution is -2.37. The van der Waals surface area contributed by atoms with Gasteiger partial charge in [-0.15, -0.1) is 0 Å². The average Bonchev–Trinajstić information content (AvgIpc) is 2.80. The number of furan rings is 1. The molecule has 16 heavy (non-hydrogen) atoms. The summed E-state index contributed by atoms with van der Waals surface area (Å²) in [6.07, 6.45) is 4.90. The predicted octanol–water partition coefficient (Wildman–Crippen LogP) is 1.77. The van der Waals surface area contributed by atoms with E-state index in [-0.39, 0.29) is 6.04 Å². The highest BCUT2D eigenvalue weighted by Crippen LogP contribution is 2.30. The number of nitrogens with two attached hydrogens (primary N) is 1. The molecule has 3 N–H and O–H groups in total. The van der Waals surface area contributed by atoms with Crippen molar-refractivity contribution in [3.8, 4) is 0 Å². The van der Waals surface area contributed by atoms with Crippen LogP contribution in [-0.4, -0.2) is 13.2 Å². The molecule has 2 atom stereocenters. The molecule has 4 heteroatoms. The second-order valence-electron chi connectivity index (χ2n) is 4.27. The first kappa shape index (κ1) is 11.6. The molecule has 1 aliphatic heterocycles. The molecular weight excluding hydrogens is 204 g/mol. The maximum Gasteiger partial charge on any atom is 0.108 e. The van der Waals surface area contributed by atoms with Crippen molar-refractivity contribution < 1.29 is 9.15 Å². The fourth-order valence-corrected chi connectivity index (χ4v) is 2.42. The molecule has 1 aromatic rings. The Balaban J connectivity index is 2.14. The molecule has 1 saturated heterocycles. The Bertz CT molecular complexity index is 319. The third-order valence-corrected chi connectivity index (χ3v) is 3.28. The zero-order valence-electron chi connectivity index (χ0n) is 9.74. The molecule has 4 nitrogen and oxygen atoms in total. The Morgan fingerprint density at radius 3 is 3.12 bits per heavy atom. The summed E-state index contributed by atoms with van der Waals surface area (Å²) in [7, 11) is 0. The molecule has 0 saturated carbocycles. The van der Waals surface area contributed by atoms with Crippen LogP contribution >= 0.6 is 0 Å². The first-order chi connectivity index (χ1) is 7.86. The van der Waals surface area contributed by atoms with E-state index in [0.29, 0.717) is 5.92 Å². The van der Waals surface area contributed by atoms with Crippen LogP contribution in [0.25, 0.3) is 0 Å². The van der Waals surface area contributed by atoms with E-state index < -0.39 is 0 Å². The van der Waals surface area contributed by atoms with Gasteiger partial charge in [-0.25, -0.2) is 0 Å². The molecule has 0 amide bonds. The number of ether oxygens (including phenoxy) is 1. The molecule has 0 aliphatic carbocycles. The Morgan fingerprint density at radius 2 is 2.50 bits per heavy atom. The molecule has 0 aromatic carbocycles. The molecule has 2 rings (SSSR count). The fourth-order valence-electron chi connectivity index (χ4n) is 2.42. The van der Waals surface area contributed by atoms with Gasteiger partial charge in [-0.1, -0.05) is 6.92 Å². The van der Waals surface area contributed by atoms with Crippen molar-refractivity contribution in [2.75, 3.05) is 13.2 Å². The van der Waals surface area contributed by atoms with E-state index in [1.54, 1.807) is 6.26 Å². The molecule has 2 heterocycles. The van der Waals surface area contributed by atoms with E-state index in [9.17, 15) is 0 Å². The summed E-state index contributed by atoms with van der Waals surface area (Å²) in [6, 6.07) is 2.16. The summed E-state index contributed by atoms with van der Waals surface area (Å²) in [6.45, 7) is 3.75. The van der Waals surface area contributed by atoms with Gasteiger partial charge >= 0.3 is 0 Å². The van der Waals surface area contributed by atoms with Gasteiger partial charge in [0.2, 0.25) is 0 Å². The van der Waals surface area contributed by atoms with Crippen molar-refractivity contribution in [2.24, 2.45) is 11.8 Å². The van der Waals surface area contributed by atoms with Crippen molar-refractivity contribution in [3.05, 3.63) is 23.7 Å². The normalized spacial score (nSPS) is 23.2. The van der Waals surface area contributed by atoms with Crippen LogP contribution in [0, 0.1) is 5.92 Å². The van der Waals surface area contributed by atoms with Crippen molar-refractivity contribution in [1.29, 1.82) is 0 Å². The van der Waals surface area contributed by atoms with Crippen molar-refractivity contribution in [2.45, 2.75) is 32.2 Å². The van der Waals surface area contributed by atoms with Gasteiger partial charge in [-0.05, 0) is 18.9 Å². The van der Waals surface area contributed by atoms with E-state index in [1.165, 1.54) is 5.56 Å². The zero-order valence-corrected chi connectivity index (χ0v) is 9.74. The van der Waals surface area contributed by atoms with Crippen LogP contribution in [-0.2, 0) is 11.2 Å². The Hall–Kier alpha value is -0.840. The Kier molecular flexibility index (Phi) is 3.98. The molecule has 1 aliphatic rings. The highest BCUT2D eigenvalue weighted by molar-refractivity contribution is 5.22. The largest absolute Gasteiger partial charge is 0.469 e. The van der Waals surface area contributed by atoms with Crippen LogP contribution in [0.15, 0.2) is 16.7 Å². The smallest absolute Gasteiger partial charge is 0.108 e. The summed E-state index contributed by atoms with van der Waals surface area (Å²) >= 11 is 0. The molecule has 1 fully saturated rings. The number of aryl methyl sites for hydroxylation is 1. The molecule has 2 unspecified atom stereocenters. The van der Waals surface area contributed by atoms with E-state index >= 15 is 0 Å². The SMILES string of the molecule is CCc1occc1C(NN)C1CCCOC1.